The maximum absolute atomic E-state index is 4.53. The largest absolute Gasteiger partial charge is 0.158 e. The highest BCUT2D eigenvalue weighted by Crippen LogP contribution is 2.15. The summed E-state index contributed by atoms with van der Waals surface area (Å²) in [6, 6.07) is 34.9. The molecule has 0 aromatic heterocycles. The molecule has 0 radical (unpaired) electrons. The van der Waals surface area contributed by atoms with Gasteiger partial charge in [-0.1, -0.05) is 97.1 Å². The second-order valence-corrected chi connectivity index (χ2v) is 6.03. The molecule has 0 bridgehead atoms. The minimum Gasteiger partial charge on any atom is -0.158 e. The van der Waals surface area contributed by atoms with Crippen LogP contribution in [0.15, 0.2) is 113 Å². The molecular weight excluding hydrogens is 316 g/mol. The Bertz CT molecular complexity index is 1020. The lowest BCUT2D eigenvalue weighted by Crippen LogP contribution is -2.02. The standard InChI is InChI=1S/C24H18N2/c1-3-10-21(11-4-1)24(22-12-5-2-6-13-22)26-25-18-19-15-16-20-9-7-8-14-23(20)17-19/h1-18H. The molecule has 0 N–H and O–H groups in total. The molecule has 4 aromatic rings. The number of benzene rings is 4. The molecule has 0 heterocycles. The van der Waals surface area contributed by atoms with E-state index >= 15 is 0 Å². The van der Waals surface area contributed by atoms with Gasteiger partial charge in [0.25, 0.3) is 0 Å². The molecule has 0 unspecified atom stereocenters. The fourth-order valence-electron chi connectivity index (χ4n) is 2.92. The van der Waals surface area contributed by atoms with E-state index in [9.17, 15) is 0 Å². The van der Waals surface area contributed by atoms with Crippen LogP contribution < -0.4 is 0 Å². The Morgan fingerprint density at radius 1 is 0.577 bits per heavy atom. The molecule has 2 nitrogen and oxygen atoms in total. The maximum atomic E-state index is 4.53. The van der Waals surface area contributed by atoms with E-state index in [1.54, 1.807) is 6.21 Å². The van der Waals surface area contributed by atoms with Gasteiger partial charge in [-0.3, -0.25) is 0 Å². The third kappa shape index (κ3) is 3.60. The molecule has 0 aliphatic carbocycles. The molecule has 0 saturated carbocycles. The lowest BCUT2D eigenvalue weighted by atomic mass is 10.0. The fourth-order valence-corrected chi connectivity index (χ4v) is 2.92. The van der Waals surface area contributed by atoms with Gasteiger partial charge in [0.2, 0.25) is 0 Å². The summed E-state index contributed by atoms with van der Waals surface area (Å²) in [5.74, 6) is 0. The fraction of sp³-hybridized carbons (Fsp3) is 0. The second-order valence-electron chi connectivity index (χ2n) is 6.03. The van der Waals surface area contributed by atoms with Crippen LogP contribution in [0.4, 0.5) is 0 Å². The summed E-state index contributed by atoms with van der Waals surface area (Å²) >= 11 is 0. The van der Waals surface area contributed by atoms with Gasteiger partial charge in [-0.2, -0.15) is 5.10 Å². The van der Waals surface area contributed by atoms with E-state index in [0.29, 0.717) is 0 Å². The molecule has 0 atom stereocenters. The first kappa shape index (κ1) is 16.0. The van der Waals surface area contributed by atoms with E-state index in [1.807, 2.05) is 48.5 Å². The molecule has 4 aromatic carbocycles. The summed E-state index contributed by atoms with van der Waals surface area (Å²) in [6.45, 7) is 0. The van der Waals surface area contributed by atoms with Crippen LogP contribution >= 0.6 is 0 Å². The smallest absolute Gasteiger partial charge is 0.100 e. The van der Waals surface area contributed by atoms with E-state index < -0.39 is 0 Å². The lowest BCUT2D eigenvalue weighted by molar-refractivity contribution is 1.24. The molecule has 124 valence electrons. The summed E-state index contributed by atoms with van der Waals surface area (Å²) in [6.07, 6.45) is 1.80. The van der Waals surface area contributed by atoms with Crippen molar-refractivity contribution in [2.45, 2.75) is 0 Å². The Balaban J connectivity index is 1.69. The van der Waals surface area contributed by atoms with Gasteiger partial charge < -0.3 is 0 Å². The summed E-state index contributed by atoms with van der Waals surface area (Å²) in [5.41, 5.74) is 4.00. The lowest BCUT2D eigenvalue weighted by Gasteiger charge is -2.05. The predicted molar refractivity (Wildman–Crippen MR) is 110 cm³/mol. The minimum atomic E-state index is 0.864. The van der Waals surface area contributed by atoms with Crippen molar-refractivity contribution in [1.29, 1.82) is 0 Å². The summed E-state index contributed by atoms with van der Waals surface area (Å²) in [5, 5.41) is 11.3. The number of rotatable bonds is 4. The van der Waals surface area contributed by atoms with Gasteiger partial charge in [-0.15, -0.1) is 5.10 Å². The Kier molecular flexibility index (Phi) is 4.66. The average Bonchev–Trinajstić information content (AvgIpc) is 2.72. The topological polar surface area (TPSA) is 24.7 Å². The summed E-state index contributed by atoms with van der Waals surface area (Å²) in [4.78, 5) is 0. The van der Waals surface area contributed by atoms with Crippen LogP contribution in [-0.2, 0) is 0 Å². The zero-order valence-corrected chi connectivity index (χ0v) is 14.3. The van der Waals surface area contributed by atoms with Gasteiger partial charge in [0.1, 0.15) is 5.71 Å². The zero-order chi connectivity index (χ0) is 17.6. The predicted octanol–water partition coefficient (Wildman–Crippen LogP) is 5.71. The number of nitrogens with zero attached hydrogens (tertiary/aromatic N) is 2. The Morgan fingerprint density at radius 2 is 1.15 bits per heavy atom. The monoisotopic (exact) mass is 334 g/mol. The van der Waals surface area contributed by atoms with Gasteiger partial charge >= 0.3 is 0 Å². The highest BCUT2D eigenvalue weighted by Gasteiger charge is 2.05. The molecule has 26 heavy (non-hydrogen) atoms. The van der Waals surface area contributed by atoms with Crippen molar-refractivity contribution >= 4 is 22.7 Å². The molecule has 0 saturated heterocycles. The first-order valence-corrected chi connectivity index (χ1v) is 8.61. The molecular formula is C24H18N2. The van der Waals surface area contributed by atoms with Crippen LogP contribution in [0.25, 0.3) is 10.8 Å². The van der Waals surface area contributed by atoms with Crippen molar-refractivity contribution in [3.05, 3.63) is 120 Å². The Hall–Kier alpha value is -3.52. The van der Waals surface area contributed by atoms with Crippen LogP contribution in [0.1, 0.15) is 16.7 Å². The van der Waals surface area contributed by atoms with E-state index in [1.165, 1.54) is 10.8 Å². The van der Waals surface area contributed by atoms with E-state index in [0.717, 1.165) is 22.4 Å². The first-order valence-electron chi connectivity index (χ1n) is 8.61. The average molecular weight is 334 g/mol. The molecule has 0 fully saturated rings. The van der Waals surface area contributed by atoms with Crippen molar-refractivity contribution in [3.8, 4) is 0 Å². The normalized spacial score (nSPS) is 10.9. The zero-order valence-electron chi connectivity index (χ0n) is 14.3. The van der Waals surface area contributed by atoms with E-state index in [-0.39, 0.29) is 0 Å². The third-order valence-corrected chi connectivity index (χ3v) is 4.23. The quantitative estimate of drug-likeness (QED) is 0.337. The molecule has 0 spiro atoms. The second kappa shape index (κ2) is 7.58. The molecule has 4 rings (SSSR count). The van der Waals surface area contributed by atoms with Gasteiger partial charge in [0.15, 0.2) is 0 Å². The van der Waals surface area contributed by atoms with Crippen LogP contribution in [0.3, 0.4) is 0 Å². The van der Waals surface area contributed by atoms with Crippen molar-refractivity contribution in [1.82, 2.24) is 0 Å². The SMILES string of the molecule is C(=NN=C(c1ccccc1)c1ccccc1)c1ccc2ccccc2c1. The number of fused-ring (bicyclic) bond motifs is 1. The van der Waals surface area contributed by atoms with E-state index in [4.69, 9.17) is 0 Å². The molecule has 0 aliphatic heterocycles. The Labute approximate surface area is 153 Å². The maximum Gasteiger partial charge on any atom is 0.100 e. The van der Waals surface area contributed by atoms with Crippen molar-refractivity contribution < 1.29 is 0 Å². The Morgan fingerprint density at radius 3 is 1.81 bits per heavy atom. The van der Waals surface area contributed by atoms with Gasteiger partial charge in [0, 0.05) is 11.1 Å². The molecule has 2 heteroatoms. The van der Waals surface area contributed by atoms with Gasteiger partial charge in [-0.05, 0) is 22.4 Å². The minimum absolute atomic E-state index is 0.864. The third-order valence-electron chi connectivity index (χ3n) is 4.23. The number of hydrogen-bond donors (Lipinski definition) is 0. The highest BCUT2D eigenvalue weighted by molar-refractivity contribution is 6.13. The van der Waals surface area contributed by atoms with Gasteiger partial charge in [-0.25, -0.2) is 0 Å². The molecule has 0 amide bonds. The van der Waals surface area contributed by atoms with Crippen LogP contribution in [0.5, 0.6) is 0 Å². The van der Waals surface area contributed by atoms with Crippen LogP contribution in [-0.4, -0.2) is 11.9 Å². The highest BCUT2D eigenvalue weighted by atomic mass is 15.2. The van der Waals surface area contributed by atoms with Crippen LogP contribution in [0.2, 0.25) is 0 Å². The first-order chi connectivity index (χ1) is 12.9. The van der Waals surface area contributed by atoms with Crippen molar-refractivity contribution in [2.24, 2.45) is 10.2 Å². The number of hydrogen-bond acceptors (Lipinski definition) is 2. The van der Waals surface area contributed by atoms with Crippen LogP contribution in [0, 0.1) is 0 Å². The van der Waals surface area contributed by atoms with Crippen molar-refractivity contribution in [3.63, 3.8) is 0 Å². The van der Waals surface area contributed by atoms with Crippen molar-refractivity contribution in [2.75, 3.05) is 0 Å². The summed E-state index contributed by atoms with van der Waals surface area (Å²) in [7, 11) is 0. The van der Waals surface area contributed by atoms with Gasteiger partial charge in [0.05, 0.1) is 6.21 Å². The van der Waals surface area contributed by atoms with E-state index in [2.05, 4.69) is 64.8 Å². The summed E-state index contributed by atoms with van der Waals surface area (Å²) < 4.78 is 0. The molecule has 0 aliphatic rings.